The molecule has 0 atom stereocenters. The van der Waals surface area contributed by atoms with E-state index in [1.807, 2.05) is 6.92 Å². The van der Waals surface area contributed by atoms with E-state index in [1.165, 1.54) is 0 Å². The second kappa shape index (κ2) is 5.99. The molecule has 0 spiro atoms. The van der Waals surface area contributed by atoms with Gasteiger partial charge in [-0.2, -0.15) is 13.2 Å². The van der Waals surface area contributed by atoms with Crippen LogP contribution in [0.5, 0.6) is 0 Å². The fourth-order valence-corrected chi connectivity index (χ4v) is 2.92. The molecule has 0 aliphatic heterocycles. The molecule has 1 aromatic heterocycles. The highest BCUT2D eigenvalue weighted by Gasteiger charge is 2.39. The summed E-state index contributed by atoms with van der Waals surface area (Å²) in [6.45, 7) is 5.47. The zero-order valence-electron chi connectivity index (χ0n) is 12.7. The first-order valence-corrected chi connectivity index (χ1v) is 7.42. The van der Waals surface area contributed by atoms with Crippen LogP contribution in [0.25, 0.3) is 11.0 Å². The Labute approximate surface area is 135 Å². The number of rotatable bonds is 4. The van der Waals surface area contributed by atoms with Gasteiger partial charge in [0.2, 0.25) is 0 Å². The van der Waals surface area contributed by atoms with Gasteiger partial charge in [-0.3, -0.25) is 10.1 Å². The van der Waals surface area contributed by atoms with E-state index >= 15 is 0 Å². The van der Waals surface area contributed by atoms with Crippen molar-refractivity contribution in [3.8, 4) is 0 Å². The highest BCUT2D eigenvalue weighted by molar-refractivity contribution is 6.34. The number of hydrogen-bond donors (Lipinski definition) is 0. The van der Waals surface area contributed by atoms with Gasteiger partial charge in [-0.15, -0.1) is 0 Å². The average Bonchev–Trinajstić information content (AvgIpc) is 2.74. The molecule has 2 rings (SSSR count). The summed E-state index contributed by atoms with van der Waals surface area (Å²) in [7, 11) is 0. The minimum Gasteiger partial charge on any atom is -0.320 e. The molecule has 0 aliphatic carbocycles. The Morgan fingerprint density at radius 1 is 1.43 bits per heavy atom. The summed E-state index contributed by atoms with van der Waals surface area (Å²) in [5, 5.41) is 10.5. The summed E-state index contributed by atoms with van der Waals surface area (Å²) in [5.41, 5.74) is -2.02. The monoisotopic (exact) mass is 349 g/mol. The number of fused-ring (bicyclic) bond motifs is 1. The van der Waals surface area contributed by atoms with Gasteiger partial charge in [0.1, 0.15) is 16.4 Å². The number of nitrogens with zero attached hydrogens (tertiary/aromatic N) is 3. The van der Waals surface area contributed by atoms with E-state index in [0.717, 1.165) is 6.07 Å². The zero-order valence-corrected chi connectivity index (χ0v) is 13.5. The maximum absolute atomic E-state index is 13.1. The predicted molar refractivity (Wildman–Crippen MR) is 80.8 cm³/mol. The maximum Gasteiger partial charge on any atom is 0.418 e. The molecular formula is C14H15ClF3N3O2. The lowest BCUT2D eigenvalue weighted by Gasteiger charge is -2.14. The van der Waals surface area contributed by atoms with Crippen molar-refractivity contribution in [2.24, 2.45) is 0 Å². The van der Waals surface area contributed by atoms with E-state index in [9.17, 15) is 23.3 Å². The van der Waals surface area contributed by atoms with Crippen LogP contribution in [0.2, 0.25) is 5.02 Å². The van der Waals surface area contributed by atoms with E-state index in [4.69, 9.17) is 11.6 Å². The summed E-state index contributed by atoms with van der Waals surface area (Å²) in [4.78, 5) is 14.7. The Bertz CT molecular complexity index is 769. The first kappa shape index (κ1) is 17.5. The molecule has 1 aromatic carbocycles. The standard InChI is InChI=1S/C14H15ClF3N3O2/c1-4-5-10-19-9-6-8(14(16,17)18)11(15)13(21(22)23)12(9)20(10)7(2)3/h6-7H,4-5H2,1-3H3. The topological polar surface area (TPSA) is 61.0 Å². The third-order valence-electron chi connectivity index (χ3n) is 3.44. The Kier molecular flexibility index (Phi) is 4.57. The summed E-state index contributed by atoms with van der Waals surface area (Å²) in [6.07, 6.45) is -3.57. The van der Waals surface area contributed by atoms with Crippen LogP contribution in [0.15, 0.2) is 6.07 Å². The number of hydrogen-bond acceptors (Lipinski definition) is 3. The lowest BCUT2D eigenvalue weighted by atomic mass is 10.1. The van der Waals surface area contributed by atoms with Crippen molar-refractivity contribution in [1.29, 1.82) is 0 Å². The predicted octanol–water partition coefficient (Wildman–Crippen LogP) is 5.15. The molecule has 0 aliphatic rings. The van der Waals surface area contributed by atoms with Crippen LogP contribution >= 0.6 is 11.6 Å². The quantitative estimate of drug-likeness (QED) is 0.566. The number of halogens is 4. The van der Waals surface area contributed by atoms with Crippen molar-refractivity contribution in [2.45, 2.75) is 45.8 Å². The third kappa shape index (κ3) is 2.99. The number of nitro benzene ring substituents is 1. The molecule has 0 saturated carbocycles. The molecule has 1 heterocycles. The molecule has 2 aromatic rings. The minimum absolute atomic E-state index is 0.0338. The number of benzene rings is 1. The fourth-order valence-electron chi connectivity index (χ4n) is 2.60. The van der Waals surface area contributed by atoms with Crippen LogP contribution in [0.4, 0.5) is 18.9 Å². The van der Waals surface area contributed by atoms with Crippen molar-refractivity contribution >= 4 is 28.3 Å². The van der Waals surface area contributed by atoms with Gasteiger partial charge in [0, 0.05) is 12.5 Å². The number of aromatic nitrogens is 2. The summed E-state index contributed by atoms with van der Waals surface area (Å²) in [5.74, 6) is 0.510. The fraction of sp³-hybridized carbons (Fsp3) is 0.500. The molecule has 0 fully saturated rings. The van der Waals surface area contributed by atoms with Crippen molar-refractivity contribution in [3.63, 3.8) is 0 Å². The van der Waals surface area contributed by atoms with Gasteiger partial charge in [-0.1, -0.05) is 18.5 Å². The largest absolute Gasteiger partial charge is 0.418 e. The van der Waals surface area contributed by atoms with E-state index < -0.39 is 27.4 Å². The summed E-state index contributed by atoms with van der Waals surface area (Å²) in [6, 6.07) is 0.580. The summed E-state index contributed by atoms with van der Waals surface area (Å²) < 4.78 is 40.9. The Morgan fingerprint density at radius 3 is 2.48 bits per heavy atom. The van der Waals surface area contributed by atoms with E-state index in [0.29, 0.717) is 18.7 Å². The van der Waals surface area contributed by atoms with Crippen molar-refractivity contribution < 1.29 is 18.1 Å². The van der Waals surface area contributed by atoms with Gasteiger partial charge in [-0.05, 0) is 26.3 Å². The van der Waals surface area contributed by atoms with Gasteiger partial charge in [0.05, 0.1) is 16.0 Å². The molecule has 9 heteroatoms. The average molecular weight is 350 g/mol. The highest BCUT2D eigenvalue weighted by atomic mass is 35.5. The first-order chi connectivity index (χ1) is 10.6. The molecule has 126 valence electrons. The van der Waals surface area contributed by atoms with Gasteiger partial charge in [-0.25, -0.2) is 4.98 Å². The minimum atomic E-state index is -4.79. The Hall–Kier alpha value is -1.83. The van der Waals surface area contributed by atoms with Crippen LogP contribution in [0.1, 0.15) is 44.6 Å². The SMILES string of the molecule is CCCc1nc2cc(C(F)(F)F)c(Cl)c([N+](=O)[O-])c2n1C(C)C. The molecule has 0 N–H and O–H groups in total. The van der Waals surface area contributed by atoms with Crippen molar-refractivity contribution in [3.05, 3.63) is 32.6 Å². The van der Waals surface area contributed by atoms with Crippen molar-refractivity contribution in [1.82, 2.24) is 9.55 Å². The molecule has 23 heavy (non-hydrogen) atoms. The first-order valence-electron chi connectivity index (χ1n) is 7.04. The van der Waals surface area contributed by atoms with E-state index in [1.54, 1.807) is 18.4 Å². The lowest BCUT2D eigenvalue weighted by Crippen LogP contribution is -2.10. The normalized spacial score (nSPS) is 12.3. The second-order valence-electron chi connectivity index (χ2n) is 5.45. The summed E-state index contributed by atoms with van der Waals surface area (Å²) >= 11 is 5.73. The van der Waals surface area contributed by atoms with Crippen LogP contribution in [0, 0.1) is 10.1 Å². The number of alkyl halides is 3. The highest BCUT2D eigenvalue weighted by Crippen LogP contribution is 2.44. The van der Waals surface area contributed by atoms with Gasteiger partial charge in [0.15, 0.2) is 0 Å². The van der Waals surface area contributed by atoms with E-state index in [-0.39, 0.29) is 17.1 Å². The van der Waals surface area contributed by atoms with Crippen LogP contribution < -0.4 is 0 Å². The second-order valence-corrected chi connectivity index (χ2v) is 5.83. The molecular weight excluding hydrogens is 335 g/mol. The molecule has 5 nitrogen and oxygen atoms in total. The molecule has 0 bridgehead atoms. The molecule has 0 radical (unpaired) electrons. The Balaban J connectivity index is 2.98. The lowest BCUT2D eigenvalue weighted by molar-refractivity contribution is -0.383. The molecule has 0 unspecified atom stereocenters. The van der Waals surface area contributed by atoms with Crippen LogP contribution in [-0.2, 0) is 12.6 Å². The van der Waals surface area contributed by atoms with Gasteiger partial charge < -0.3 is 4.57 Å². The molecule has 0 saturated heterocycles. The number of imidazole rings is 1. The molecule has 0 amide bonds. The van der Waals surface area contributed by atoms with Gasteiger partial charge >= 0.3 is 11.9 Å². The number of aryl methyl sites for hydroxylation is 1. The van der Waals surface area contributed by atoms with Crippen molar-refractivity contribution in [2.75, 3.05) is 0 Å². The maximum atomic E-state index is 13.1. The Morgan fingerprint density at radius 2 is 2.04 bits per heavy atom. The number of nitro groups is 1. The van der Waals surface area contributed by atoms with Gasteiger partial charge in [0.25, 0.3) is 0 Å². The smallest absolute Gasteiger partial charge is 0.320 e. The van der Waals surface area contributed by atoms with Crippen LogP contribution in [-0.4, -0.2) is 14.5 Å². The third-order valence-corrected chi connectivity index (χ3v) is 3.82. The zero-order chi connectivity index (χ0) is 17.5. The van der Waals surface area contributed by atoms with E-state index in [2.05, 4.69) is 4.98 Å². The van der Waals surface area contributed by atoms with Crippen LogP contribution in [0.3, 0.4) is 0 Å².